The number of anilines is 1. The molecule has 0 radical (unpaired) electrons. The number of benzene rings is 1. The smallest absolute Gasteiger partial charge is 0.407 e. The largest absolute Gasteiger partial charge is 0.445 e. The monoisotopic (exact) mass is 700 g/mol. The number of alkyl carbamates (subject to hydrolysis) is 1. The van der Waals surface area contributed by atoms with Gasteiger partial charge in [-0.2, -0.15) is 0 Å². The SMILES string of the molecule is CCC[C@@H]([C@@H](CC1CCCCC1)C(=O)N[C@@H](CCCCNC(=O)OCc1ccccc1)C(=O)Nc1nncs1)N(C=O)OC1CCCCO1. The highest BCUT2D eigenvalue weighted by atomic mass is 32.1. The summed E-state index contributed by atoms with van der Waals surface area (Å²) in [5.74, 6) is -0.939. The zero-order valence-corrected chi connectivity index (χ0v) is 29.4. The van der Waals surface area contributed by atoms with Crippen LogP contribution in [0.25, 0.3) is 0 Å². The normalized spacial score (nSPS) is 18.4. The second-order valence-electron chi connectivity index (χ2n) is 12.8. The maximum absolute atomic E-state index is 14.3. The van der Waals surface area contributed by atoms with Crippen molar-refractivity contribution in [1.82, 2.24) is 25.9 Å². The number of hydroxylamine groups is 2. The van der Waals surface area contributed by atoms with Gasteiger partial charge in [-0.3, -0.25) is 19.7 Å². The highest BCUT2D eigenvalue weighted by Gasteiger charge is 2.38. The molecule has 2 heterocycles. The van der Waals surface area contributed by atoms with E-state index in [1.54, 1.807) is 0 Å². The van der Waals surface area contributed by atoms with E-state index in [9.17, 15) is 19.2 Å². The van der Waals surface area contributed by atoms with Crippen LogP contribution in [-0.2, 0) is 35.3 Å². The molecule has 3 N–H and O–H groups in total. The van der Waals surface area contributed by atoms with Gasteiger partial charge >= 0.3 is 6.09 Å². The summed E-state index contributed by atoms with van der Waals surface area (Å²) in [6.07, 6.45) is 11.0. The van der Waals surface area contributed by atoms with Gasteiger partial charge in [0, 0.05) is 19.6 Å². The van der Waals surface area contributed by atoms with Crippen molar-refractivity contribution in [3.63, 3.8) is 0 Å². The van der Waals surface area contributed by atoms with Crippen molar-refractivity contribution in [1.29, 1.82) is 0 Å². The third-order valence-electron chi connectivity index (χ3n) is 9.13. The molecule has 2 fully saturated rings. The Morgan fingerprint density at radius 2 is 1.84 bits per heavy atom. The molecule has 1 aliphatic heterocycles. The molecule has 49 heavy (non-hydrogen) atoms. The zero-order chi connectivity index (χ0) is 34.7. The molecule has 4 rings (SSSR count). The number of unbranched alkanes of at least 4 members (excludes halogenated alkanes) is 1. The molecule has 1 aromatic heterocycles. The van der Waals surface area contributed by atoms with E-state index in [0.717, 1.165) is 50.5 Å². The fourth-order valence-electron chi connectivity index (χ4n) is 6.54. The van der Waals surface area contributed by atoms with Gasteiger partial charge in [-0.25, -0.2) is 14.7 Å². The molecule has 0 bridgehead atoms. The molecule has 2 aliphatic rings. The van der Waals surface area contributed by atoms with E-state index in [1.165, 1.54) is 28.3 Å². The average molecular weight is 701 g/mol. The van der Waals surface area contributed by atoms with Gasteiger partial charge in [0.1, 0.15) is 18.2 Å². The highest BCUT2D eigenvalue weighted by Crippen LogP contribution is 2.33. The van der Waals surface area contributed by atoms with Crippen LogP contribution in [0.5, 0.6) is 0 Å². The third-order valence-corrected chi connectivity index (χ3v) is 9.74. The summed E-state index contributed by atoms with van der Waals surface area (Å²) in [5.41, 5.74) is 2.41. The quantitative estimate of drug-likeness (QED) is 0.0890. The Morgan fingerprint density at radius 1 is 1.04 bits per heavy atom. The summed E-state index contributed by atoms with van der Waals surface area (Å²) in [4.78, 5) is 58.6. The minimum absolute atomic E-state index is 0.174. The molecule has 4 atom stereocenters. The maximum Gasteiger partial charge on any atom is 0.407 e. The molecule has 14 heteroatoms. The first kappa shape index (κ1) is 38.2. The molecule has 2 aromatic rings. The zero-order valence-electron chi connectivity index (χ0n) is 28.6. The summed E-state index contributed by atoms with van der Waals surface area (Å²) < 4.78 is 11.0. The molecule has 1 saturated carbocycles. The van der Waals surface area contributed by atoms with Crippen molar-refractivity contribution in [2.75, 3.05) is 18.5 Å². The van der Waals surface area contributed by atoms with Gasteiger partial charge < -0.3 is 20.1 Å². The van der Waals surface area contributed by atoms with E-state index in [2.05, 4.69) is 26.1 Å². The lowest BCUT2D eigenvalue weighted by Crippen LogP contribution is -2.52. The summed E-state index contributed by atoms with van der Waals surface area (Å²) >= 11 is 1.19. The first-order valence-electron chi connectivity index (χ1n) is 17.8. The number of aromatic nitrogens is 2. The Bertz CT molecular complexity index is 1260. The van der Waals surface area contributed by atoms with Crippen molar-refractivity contribution in [2.45, 2.75) is 122 Å². The highest BCUT2D eigenvalue weighted by molar-refractivity contribution is 7.13. The van der Waals surface area contributed by atoms with Crippen LogP contribution >= 0.6 is 11.3 Å². The number of amides is 4. The lowest BCUT2D eigenvalue weighted by molar-refractivity contribution is -0.290. The second kappa shape index (κ2) is 21.5. The minimum atomic E-state index is -0.871. The fraction of sp³-hybridized carbons (Fsp3) is 0.657. The summed E-state index contributed by atoms with van der Waals surface area (Å²) in [5, 5.41) is 17.9. The third kappa shape index (κ3) is 13.3. The van der Waals surface area contributed by atoms with Crippen molar-refractivity contribution >= 4 is 40.8 Å². The average Bonchev–Trinajstić information content (AvgIpc) is 3.65. The van der Waals surface area contributed by atoms with Crippen LogP contribution in [0.4, 0.5) is 9.93 Å². The van der Waals surface area contributed by atoms with Gasteiger partial charge in [0.15, 0.2) is 6.29 Å². The van der Waals surface area contributed by atoms with Crippen molar-refractivity contribution in [3.05, 3.63) is 41.4 Å². The van der Waals surface area contributed by atoms with Gasteiger partial charge in [0.05, 0.1) is 12.0 Å². The van der Waals surface area contributed by atoms with Gasteiger partial charge in [-0.1, -0.05) is 87.1 Å². The first-order valence-corrected chi connectivity index (χ1v) is 18.7. The van der Waals surface area contributed by atoms with Gasteiger partial charge in [0.2, 0.25) is 23.4 Å². The van der Waals surface area contributed by atoms with Crippen LogP contribution in [0.3, 0.4) is 0 Å². The summed E-state index contributed by atoms with van der Waals surface area (Å²) in [7, 11) is 0. The van der Waals surface area contributed by atoms with Crippen LogP contribution < -0.4 is 16.0 Å². The summed E-state index contributed by atoms with van der Waals surface area (Å²) in [6, 6.07) is 8.04. The number of carbonyl (C=O) groups excluding carboxylic acids is 4. The number of rotatable bonds is 20. The fourth-order valence-corrected chi connectivity index (χ4v) is 6.99. The molecule has 1 saturated heterocycles. The molecular weight excluding hydrogens is 648 g/mol. The molecule has 1 aromatic carbocycles. The number of carbonyl (C=O) groups is 4. The van der Waals surface area contributed by atoms with Crippen molar-refractivity contribution in [2.24, 2.45) is 11.8 Å². The molecule has 270 valence electrons. The molecular formula is C35H52N6O7S. The van der Waals surface area contributed by atoms with Crippen LogP contribution in [-0.4, -0.2) is 71.1 Å². The predicted molar refractivity (Wildman–Crippen MR) is 185 cm³/mol. The lowest BCUT2D eigenvalue weighted by Gasteiger charge is -2.38. The Balaban J connectivity index is 1.41. The van der Waals surface area contributed by atoms with Crippen LogP contribution in [0.2, 0.25) is 0 Å². The number of ether oxygens (including phenoxy) is 2. The number of nitrogens with one attached hydrogen (secondary N) is 3. The lowest BCUT2D eigenvalue weighted by atomic mass is 9.79. The second-order valence-corrected chi connectivity index (χ2v) is 13.7. The Labute approximate surface area is 293 Å². The van der Waals surface area contributed by atoms with Gasteiger partial charge in [-0.05, 0) is 56.4 Å². The maximum atomic E-state index is 14.3. The van der Waals surface area contributed by atoms with Crippen molar-refractivity contribution in [3.8, 4) is 0 Å². The Morgan fingerprint density at radius 3 is 2.53 bits per heavy atom. The number of hydrogen-bond acceptors (Lipinski definition) is 10. The number of hydrogen-bond donors (Lipinski definition) is 3. The minimum Gasteiger partial charge on any atom is -0.445 e. The molecule has 13 nitrogen and oxygen atoms in total. The van der Waals surface area contributed by atoms with Crippen LogP contribution in [0, 0.1) is 11.8 Å². The van der Waals surface area contributed by atoms with E-state index in [-0.39, 0.29) is 12.5 Å². The summed E-state index contributed by atoms with van der Waals surface area (Å²) in [6.45, 7) is 3.11. The first-order chi connectivity index (χ1) is 24.0. The molecule has 1 aliphatic carbocycles. The molecule has 4 amide bonds. The Kier molecular flexibility index (Phi) is 16.7. The number of nitrogens with zero attached hydrogens (tertiary/aromatic N) is 3. The van der Waals surface area contributed by atoms with E-state index in [1.807, 2.05) is 37.3 Å². The van der Waals surface area contributed by atoms with E-state index in [4.69, 9.17) is 14.3 Å². The topological polar surface area (TPSA) is 161 Å². The Hall–Kier alpha value is -3.62. The standard InChI is InChI=1S/C35H52N6O7S/c1-2-13-30(41(25-42)48-31-19-10-12-21-46-31)28(22-26-14-5-3-6-15-26)32(43)38-29(33(44)39-34-40-37-24-49-34)18-9-11-20-36-35(45)47-23-27-16-7-4-8-17-27/h4,7-8,16-17,24-26,28-31H,2-3,5-6,9-15,18-23H2,1H3,(H,36,45)(H,38,43)(H,39,40,44)/t28-,29+,30+,31?/m1/s1. The predicted octanol–water partition coefficient (Wildman–Crippen LogP) is 5.73. The van der Waals surface area contributed by atoms with Gasteiger partial charge in [0.25, 0.3) is 0 Å². The van der Waals surface area contributed by atoms with E-state index in [0.29, 0.717) is 69.1 Å². The van der Waals surface area contributed by atoms with Crippen LogP contribution in [0.1, 0.15) is 102 Å². The van der Waals surface area contributed by atoms with E-state index < -0.39 is 36.3 Å². The van der Waals surface area contributed by atoms with Crippen LogP contribution in [0.15, 0.2) is 35.8 Å². The van der Waals surface area contributed by atoms with E-state index >= 15 is 0 Å². The molecule has 1 unspecified atom stereocenters. The van der Waals surface area contributed by atoms with Crippen molar-refractivity contribution < 1.29 is 33.5 Å². The van der Waals surface area contributed by atoms with Gasteiger partial charge in [-0.15, -0.1) is 10.2 Å². The molecule has 0 spiro atoms.